The third-order valence-electron chi connectivity index (χ3n) is 7.13. The summed E-state index contributed by atoms with van der Waals surface area (Å²) in [6, 6.07) is 18.8. The van der Waals surface area contributed by atoms with Gasteiger partial charge in [-0.15, -0.1) is 0 Å². The molecule has 2 aromatic rings. The van der Waals surface area contributed by atoms with Crippen LogP contribution in [0.25, 0.3) is 0 Å². The second-order valence-corrected chi connectivity index (χ2v) is 9.23. The number of morpholine rings is 1. The molecule has 0 bridgehead atoms. The monoisotopic (exact) mass is 391 g/mol. The van der Waals surface area contributed by atoms with Gasteiger partial charge in [-0.3, -0.25) is 0 Å². The van der Waals surface area contributed by atoms with E-state index in [-0.39, 0.29) is 0 Å². The van der Waals surface area contributed by atoms with Crippen molar-refractivity contribution in [2.75, 3.05) is 31.2 Å². The van der Waals surface area contributed by atoms with Crippen LogP contribution < -0.4 is 4.90 Å². The summed E-state index contributed by atoms with van der Waals surface area (Å²) in [4.78, 5) is 2.43. The van der Waals surface area contributed by atoms with Crippen molar-refractivity contribution in [2.45, 2.75) is 70.1 Å². The fourth-order valence-corrected chi connectivity index (χ4v) is 5.17. The highest BCUT2D eigenvalue weighted by Gasteiger charge is 2.17. The van der Waals surface area contributed by atoms with Crippen LogP contribution in [0.4, 0.5) is 5.69 Å². The maximum atomic E-state index is 5.47. The zero-order valence-electron chi connectivity index (χ0n) is 18.3. The highest BCUT2D eigenvalue weighted by Crippen LogP contribution is 2.35. The summed E-state index contributed by atoms with van der Waals surface area (Å²) in [7, 11) is 0. The van der Waals surface area contributed by atoms with E-state index < -0.39 is 0 Å². The van der Waals surface area contributed by atoms with Gasteiger partial charge in [0.05, 0.1) is 13.2 Å². The summed E-state index contributed by atoms with van der Waals surface area (Å²) >= 11 is 0. The molecule has 1 saturated heterocycles. The van der Waals surface area contributed by atoms with Crippen LogP contribution in [0.5, 0.6) is 0 Å². The SMILES string of the molecule is CC(CC(C)c1ccc(N2CCOCC2)cc1)c1ccc(C2CCCCC2)cc1. The van der Waals surface area contributed by atoms with Crippen LogP contribution in [0.2, 0.25) is 0 Å². The van der Waals surface area contributed by atoms with Gasteiger partial charge in [0, 0.05) is 18.8 Å². The molecule has 2 unspecified atom stereocenters. The Hall–Kier alpha value is -1.80. The third-order valence-corrected chi connectivity index (χ3v) is 7.13. The average Bonchev–Trinajstić information content (AvgIpc) is 2.80. The van der Waals surface area contributed by atoms with Crippen LogP contribution in [-0.4, -0.2) is 26.3 Å². The zero-order chi connectivity index (χ0) is 20.1. The molecule has 1 heterocycles. The number of nitrogens with zero attached hydrogens (tertiary/aromatic N) is 1. The van der Waals surface area contributed by atoms with Gasteiger partial charge in [-0.25, -0.2) is 0 Å². The molecule has 1 saturated carbocycles. The Balaban J connectivity index is 1.34. The Morgan fingerprint density at radius 2 is 1.34 bits per heavy atom. The predicted molar refractivity (Wildman–Crippen MR) is 123 cm³/mol. The molecular weight excluding hydrogens is 354 g/mol. The quantitative estimate of drug-likeness (QED) is 0.533. The van der Waals surface area contributed by atoms with Crippen LogP contribution in [0.3, 0.4) is 0 Å². The van der Waals surface area contributed by atoms with E-state index in [4.69, 9.17) is 4.74 Å². The first-order valence-corrected chi connectivity index (χ1v) is 11.7. The molecular formula is C27H37NO. The maximum absolute atomic E-state index is 5.47. The molecule has 1 aliphatic carbocycles. The van der Waals surface area contributed by atoms with Gasteiger partial charge in [-0.2, -0.15) is 0 Å². The van der Waals surface area contributed by atoms with E-state index in [1.54, 1.807) is 5.56 Å². The molecule has 0 amide bonds. The topological polar surface area (TPSA) is 12.5 Å². The summed E-state index contributed by atoms with van der Waals surface area (Å²) in [5.74, 6) is 1.96. The second kappa shape index (κ2) is 9.80. The Labute approximate surface area is 177 Å². The Kier molecular flexibility index (Phi) is 6.92. The van der Waals surface area contributed by atoms with Gasteiger partial charge in [0.2, 0.25) is 0 Å². The molecule has 2 nitrogen and oxygen atoms in total. The van der Waals surface area contributed by atoms with E-state index >= 15 is 0 Å². The lowest BCUT2D eigenvalue weighted by Crippen LogP contribution is -2.36. The predicted octanol–water partition coefficient (Wildman–Crippen LogP) is 6.87. The van der Waals surface area contributed by atoms with Crippen molar-refractivity contribution >= 4 is 5.69 Å². The Bertz CT molecular complexity index is 674. The highest BCUT2D eigenvalue weighted by molar-refractivity contribution is 5.48. The van der Waals surface area contributed by atoms with Crippen LogP contribution >= 0.6 is 0 Å². The Morgan fingerprint density at radius 1 is 0.793 bits per heavy atom. The minimum atomic E-state index is 0.571. The number of rotatable bonds is 6. The van der Waals surface area contributed by atoms with E-state index in [1.165, 1.54) is 55.3 Å². The van der Waals surface area contributed by atoms with Crippen LogP contribution in [0, 0.1) is 0 Å². The molecule has 0 N–H and O–H groups in total. The molecule has 2 aliphatic rings. The lowest BCUT2D eigenvalue weighted by atomic mass is 9.82. The molecule has 29 heavy (non-hydrogen) atoms. The fraction of sp³-hybridized carbons (Fsp3) is 0.556. The van der Waals surface area contributed by atoms with Crippen molar-refractivity contribution in [2.24, 2.45) is 0 Å². The second-order valence-electron chi connectivity index (χ2n) is 9.23. The zero-order valence-corrected chi connectivity index (χ0v) is 18.3. The smallest absolute Gasteiger partial charge is 0.0642 e. The van der Waals surface area contributed by atoms with E-state index in [2.05, 4.69) is 67.3 Å². The van der Waals surface area contributed by atoms with Gasteiger partial charge >= 0.3 is 0 Å². The first kappa shape index (κ1) is 20.5. The number of hydrogen-bond acceptors (Lipinski definition) is 2. The number of ether oxygens (including phenoxy) is 1. The molecule has 2 heteroatoms. The normalized spacial score (nSPS) is 20.4. The van der Waals surface area contributed by atoms with Gasteiger partial charge in [0.15, 0.2) is 0 Å². The van der Waals surface area contributed by atoms with Crippen LogP contribution in [-0.2, 0) is 4.74 Å². The first-order valence-electron chi connectivity index (χ1n) is 11.7. The third kappa shape index (κ3) is 5.22. The van der Waals surface area contributed by atoms with Gasteiger partial charge in [-0.05, 0) is 65.8 Å². The average molecular weight is 392 g/mol. The molecule has 0 radical (unpaired) electrons. The molecule has 0 spiro atoms. The van der Waals surface area contributed by atoms with Gasteiger partial charge in [-0.1, -0.05) is 69.5 Å². The fourth-order valence-electron chi connectivity index (χ4n) is 5.17. The van der Waals surface area contributed by atoms with E-state index in [0.717, 1.165) is 32.2 Å². The van der Waals surface area contributed by atoms with Gasteiger partial charge in [0.25, 0.3) is 0 Å². The van der Waals surface area contributed by atoms with Gasteiger partial charge in [0.1, 0.15) is 0 Å². The lowest BCUT2D eigenvalue weighted by molar-refractivity contribution is 0.122. The molecule has 2 aromatic carbocycles. The minimum absolute atomic E-state index is 0.571. The van der Waals surface area contributed by atoms with Crippen LogP contribution in [0.15, 0.2) is 48.5 Å². The lowest BCUT2D eigenvalue weighted by Gasteiger charge is -2.29. The van der Waals surface area contributed by atoms with E-state index in [1.807, 2.05) is 0 Å². The van der Waals surface area contributed by atoms with Gasteiger partial charge < -0.3 is 9.64 Å². The molecule has 0 aromatic heterocycles. The summed E-state index contributed by atoms with van der Waals surface area (Å²) in [5.41, 5.74) is 5.83. The molecule has 4 rings (SSSR count). The van der Waals surface area contributed by atoms with Crippen molar-refractivity contribution in [1.29, 1.82) is 0 Å². The maximum Gasteiger partial charge on any atom is 0.0642 e. The standard InChI is InChI=1S/C27H37NO/c1-21(23-8-10-26(11-9-23)25-6-4-3-5-7-25)20-22(2)24-12-14-27(15-13-24)28-16-18-29-19-17-28/h8-15,21-22,25H,3-7,16-20H2,1-2H3. The van der Waals surface area contributed by atoms with Crippen molar-refractivity contribution in [3.05, 3.63) is 65.2 Å². The molecule has 2 atom stereocenters. The summed E-state index contributed by atoms with van der Waals surface area (Å²) in [5, 5.41) is 0. The van der Waals surface area contributed by atoms with Crippen molar-refractivity contribution in [1.82, 2.24) is 0 Å². The van der Waals surface area contributed by atoms with E-state index in [0.29, 0.717) is 11.8 Å². The Morgan fingerprint density at radius 3 is 1.93 bits per heavy atom. The molecule has 1 aliphatic heterocycles. The molecule has 2 fully saturated rings. The van der Waals surface area contributed by atoms with Crippen molar-refractivity contribution in [3.8, 4) is 0 Å². The molecule has 156 valence electrons. The first-order chi connectivity index (χ1) is 14.2. The van der Waals surface area contributed by atoms with Crippen molar-refractivity contribution in [3.63, 3.8) is 0 Å². The largest absolute Gasteiger partial charge is 0.378 e. The number of benzene rings is 2. The van der Waals surface area contributed by atoms with E-state index in [9.17, 15) is 0 Å². The van der Waals surface area contributed by atoms with Crippen LogP contribution in [0.1, 0.15) is 86.8 Å². The summed E-state index contributed by atoms with van der Waals surface area (Å²) in [6.07, 6.45) is 8.20. The highest BCUT2D eigenvalue weighted by atomic mass is 16.5. The number of anilines is 1. The summed E-state index contributed by atoms with van der Waals surface area (Å²) in [6.45, 7) is 8.45. The summed E-state index contributed by atoms with van der Waals surface area (Å²) < 4.78 is 5.47. The van der Waals surface area contributed by atoms with Crippen molar-refractivity contribution < 1.29 is 4.74 Å². The number of hydrogen-bond donors (Lipinski definition) is 0. The minimum Gasteiger partial charge on any atom is -0.378 e.